The van der Waals surface area contributed by atoms with Crippen LogP contribution >= 0.6 is 23.2 Å². The third kappa shape index (κ3) is 7.53. The number of benzene rings is 1. The maximum atomic E-state index is 12.0. The molecule has 156 valence electrons. The highest BCUT2D eigenvalue weighted by Crippen LogP contribution is 2.16. The second-order valence-electron chi connectivity index (χ2n) is 6.25. The zero-order valence-corrected chi connectivity index (χ0v) is 17.4. The summed E-state index contributed by atoms with van der Waals surface area (Å²) in [5.41, 5.74) is 2.31. The maximum Gasteiger partial charge on any atom is 0.321 e. The predicted molar refractivity (Wildman–Crippen MR) is 115 cm³/mol. The number of hydrogen-bond donors (Lipinski definition) is 3. The summed E-state index contributed by atoms with van der Waals surface area (Å²) >= 11 is 11.7. The van der Waals surface area contributed by atoms with Gasteiger partial charge in [0.25, 0.3) is 5.91 Å². The lowest BCUT2D eigenvalue weighted by Gasteiger charge is -2.23. The Hall–Kier alpha value is -2.35. The van der Waals surface area contributed by atoms with Crippen molar-refractivity contribution in [3.8, 4) is 0 Å². The molecule has 0 unspecified atom stereocenters. The normalized spacial score (nSPS) is 11.7. The number of hydrogen-bond acceptors (Lipinski definition) is 5. The molecule has 1 amide bonds. The van der Waals surface area contributed by atoms with Gasteiger partial charge in [0.2, 0.25) is 0 Å². The molecule has 1 atom stereocenters. The molecule has 9 heteroatoms. The van der Waals surface area contributed by atoms with Gasteiger partial charge >= 0.3 is 5.97 Å². The molecule has 0 aliphatic heterocycles. The van der Waals surface area contributed by atoms with Gasteiger partial charge in [0.15, 0.2) is 0 Å². The standard InChI is InChI=1S/C20H24Cl2N4O3/c21-7-11-26(12-8-22)17-3-1-15(2-4-17)13-18(20(28)29)24-14-25-19(27)16-5-9-23-10-6-16/h1-6,9-10,18,24H,7-8,11-14H2,(H,25,27)(H,28,29)/t18-/m0/s1. The van der Waals surface area contributed by atoms with Crippen molar-refractivity contribution in [2.45, 2.75) is 12.5 Å². The quantitative estimate of drug-likeness (QED) is 0.347. The van der Waals surface area contributed by atoms with Crippen LogP contribution < -0.4 is 15.5 Å². The lowest BCUT2D eigenvalue weighted by Crippen LogP contribution is -2.44. The summed E-state index contributed by atoms with van der Waals surface area (Å²) in [6, 6.07) is 9.97. The van der Waals surface area contributed by atoms with E-state index in [2.05, 4.69) is 20.5 Å². The summed E-state index contributed by atoms with van der Waals surface area (Å²) in [7, 11) is 0. The SMILES string of the molecule is O=C(NCN[C@@H](Cc1ccc(N(CCCl)CCCl)cc1)C(=O)O)c1ccncc1. The average Bonchev–Trinajstić information content (AvgIpc) is 2.74. The highest BCUT2D eigenvalue weighted by molar-refractivity contribution is 6.18. The van der Waals surface area contributed by atoms with Gasteiger partial charge in [-0.3, -0.25) is 19.9 Å². The molecular weight excluding hydrogens is 415 g/mol. The van der Waals surface area contributed by atoms with Crippen LogP contribution in [-0.2, 0) is 11.2 Å². The Morgan fingerprint density at radius 3 is 2.21 bits per heavy atom. The van der Waals surface area contributed by atoms with Gasteiger partial charge in [-0.15, -0.1) is 23.2 Å². The fourth-order valence-corrected chi connectivity index (χ4v) is 3.17. The summed E-state index contributed by atoms with van der Waals surface area (Å²) in [6.07, 6.45) is 3.33. The first-order valence-corrected chi connectivity index (χ1v) is 10.2. The van der Waals surface area contributed by atoms with E-state index in [1.54, 1.807) is 12.1 Å². The summed E-state index contributed by atoms with van der Waals surface area (Å²) in [4.78, 5) is 29.5. The van der Waals surface area contributed by atoms with Crippen molar-refractivity contribution in [3.05, 3.63) is 59.9 Å². The molecule has 0 spiro atoms. The van der Waals surface area contributed by atoms with Gasteiger partial charge in [-0.2, -0.15) is 0 Å². The molecule has 0 saturated heterocycles. The van der Waals surface area contributed by atoms with Crippen LogP contribution in [0, 0.1) is 0 Å². The number of aliphatic carboxylic acids is 1. The van der Waals surface area contributed by atoms with Crippen LogP contribution in [0.15, 0.2) is 48.8 Å². The molecule has 0 bridgehead atoms. The first kappa shape index (κ1) is 22.9. The number of halogens is 2. The zero-order chi connectivity index (χ0) is 21.1. The molecule has 0 aliphatic carbocycles. The van der Waals surface area contributed by atoms with Gasteiger partial charge in [0.1, 0.15) is 6.04 Å². The van der Waals surface area contributed by atoms with Gasteiger partial charge in [0, 0.05) is 48.5 Å². The van der Waals surface area contributed by atoms with Crippen molar-refractivity contribution in [2.24, 2.45) is 0 Å². The van der Waals surface area contributed by atoms with E-state index in [1.165, 1.54) is 12.4 Å². The van der Waals surface area contributed by atoms with E-state index in [-0.39, 0.29) is 19.0 Å². The fourth-order valence-electron chi connectivity index (χ4n) is 2.76. The molecule has 3 N–H and O–H groups in total. The number of carbonyl (C=O) groups is 2. The molecule has 0 radical (unpaired) electrons. The van der Waals surface area contributed by atoms with Crippen LogP contribution in [0.25, 0.3) is 0 Å². The highest BCUT2D eigenvalue weighted by Gasteiger charge is 2.18. The largest absolute Gasteiger partial charge is 0.480 e. The summed E-state index contributed by atoms with van der Waals surface area (Å²) in [6.45, 7) is 1.41. The van der Waals surface area contributed by atoms with Crippen molar-refractivity contribution < 1.29 is 14.7 Å². The number of pyridine rings is 1. The van der Waals surface area contributed by atoms with Gasteiger partial charge in [0.05, 0.1) is 6.67 Å². The van der Waals surface area contributed by atoms with Crippen LogP contribution in [0.3, 0.4) is 0 Å². The number of carboxylic acid groups (broad SMARTS) is 1. The number of rotatable bonds is 12. The third-order valence-electron chi connectivity index (χ3n) is 4.29. The number of carboxylic acids is 1. The topological polar surface area (TPSA) is 94.6 Å². The minimum atomic E-state index is -0.988. The molecule has 1 heterocycles. The van der Waals surface area contributed by atoms with E-state index in [0.717, 1.165) is 11.3 Å². The number of anilines is 1. The van der Waals surface area contributed by atoms with Crippen molar-refractivity contribution in [1.82, 2.24) is 15.6 Å². The molecule has 2 aromatic rings. The predicted octanol–water partition coefficient (Wildman–Crippen LogP) is 2.34. The molecule has 7 nitrogen and oxygen atoms in total. The molecule has 0 saturated carbocycles. The second kappa shape index (κ2) is 12.3. The Kier molecular flexibility index (Phi) is 9.70. The molecule has 1 aromatic heterocycles. The van der Waals surface area contributed by atoms with Crippen LogP contribution in [0.4, 0.5) is 5.69 Å². The first-order valence-electron chi connectivity index (χ1n) is 9.15. The van der Waals surface area contributed by atoms with Crippen LogP contribution in [0.5, 0.6) is 0 Å². The lowest BCUT2D eigenvalue weighted by molar-refractivity contribution is -0.139. The zero-order valence-electron chi connectivity index (χ0n) is 15.9. The summed E-state index contributed by atoms with van der Waals surface area (Å²) in [5, 5.41) is 15.0. The smallest absolute Gasteiger partial charge is 0.321 e. The molecule has 1 aromatic carbocycles. The monoisotopic (exact) mass is 438 g/mol. The van der Waals surface area contributed by atoms with Crippen molar-refractivity contribution in [1.29, 1.82) is 0 Å². The number of carbonyl (C=O) groups excluding carboxylic acids is 1. The number of amides is 1. The molecule has 29 heavy (non-hydrogen) atoms. The lowest BCUT2D eigenvalue weighted by atomic mass is 10.1. The highest BCUT2D eigenvalue weighted by atomic mass is 35.5. The van der Waals surface area contributed by atoms with Crippen LogP contribution in [-0.4, -0.2) is 59.5 Å². The minimum absolute atomic E-state index is 0.0371. The number of aromatic nitrogens is 1. The molecular formula is C20H24Cl2N4O3. The van der Waals surface area contributed by atoms with Crippen molar-refractivity contribution >= 4 is 40.8 Å². The van der Waals surface area contributed by atoms with Gasteiger partial charge < -0.3 is 15.3 Å². The Bertz CT molecular complexity index is 769. The Labute approximate surface area is 180 Å². The Morgan fingerprint density at radius 2 is 1.66 bits per heavy atom. The summed E-state index contributed by atoms with van der Waals surface area (Å²) in [5.74, 6) is -0.297. The van der Waals surface area contributed by atoms with E-state index >= 15 is 0 Å². The second-order valence-corrected chi connectivity index (χ2v) is 7.01. The maximum absolute atomic E-state index is 12.0. The van der Waals surface area contributed by atoms with Crippen molar-refractivity contribution in [2.75, 3.05) is 36.4 Å². The van der Waals surface area contributed by atoms with Gasteiger partial charge in [-0.05, 0) is 36.2 Å². The van der Waals surface area contributed by atoms with E-state index in [9.17, 15) is 14.7 Å². The Morgan fingerprint density at radius 1 is 1.03 bits per heavy atom. The van der Waals surface area contributed by atoms with Crippen LogP contribution in [0.1, 0.15) is 15.9 Å². The number of nitrogens with zero attached hydrogens (tertiary/aromatic N) is 2. The van der Waals surface area contributed by atoms with E-state index in [0.29, 0.717) is 30.4 Å². The molecule has 2 rings (SSSR count). The fraction of sp³-hybridized carbons (Fsp3) is 0.350. The van der Waals surface area contributed by atoms with E-state index in [4.69, 9.17) is 23.2 Å². The van der Waals surface area contributed by atoms with Gasteiger partial charge in [-0.25, -0.2) is 0 Å². The minimum Gasteiger partial charge on any atom is -0.480 e. The molecule has 0 aliphatic rings. The van der Waals surface area contributed by atoms with Crippen molar-refractivity contribution in [3.63, 3.8) is 0 Å². The van der Waals surface area contributed by atoms with E-state index in [1.807, 2.05) is 24.3 Å². The molecule has 0 fully saturated rings. The van der Waals surface area contributed by atoms with Crippen LogP contribution in [0.2, 0.25) is 0 Å². The average molecular weight is 439 g/mol. The first-order chi connectivity index (χ1) is 14.0. The third-order valence-corrected chi connectivity index (χ3v) is 4.63. The van der Waals surface area contributed by atoms with Gasteiger partial charge in [-0.1, -0.05) is 12.1 Å². The Balaban J connectivity index is 1.91. The number of nitrogens with one attached hydrogen (secondary N) is 2. The van der Waals surface area contributed by atoms with E-state index < -0.39 is 12.0 Å². The number of alkyl halides is 2. The summed E-state index contributed by atoms with van der Waals surface area (Å²) < 4.78 is 0.